The summed E-state index contributed by atoms with van der Waals surface area (Å²) in [6, 6.07) is 16.0. The minimum Gasteiger partial charge on any atom is -0.355 e. The summed E-state index contributed by atoms with van der Waals surface area (Å²) in [6.07, 6.45) is 3.77. The zero-order valence-electron chi connectivity index (χ0n) is 14.8. The minimum atomic E-state index is 0.665. The predicted molar refractivity (Wildman–Crippen MR) is 101 cm³/mol. The zero-order chi connectivity index (χ0) is 17.6. The van der Waals surface area contributed by atoms with E-state index in [9.17, 15) is 0 Å². The van der Waals surface area contributed by atoms with Crippen molar-refractivity contribution >= 4 is 5.82 Å². The second-order valence-corrected chi connectivity index (χ2v) is 6.50. The smallest absolute Gasteiger partial charge is 0.228 e. The molecule has 1 aliphatic heterocycles. The van der Waals surface area contributed by atoms with Crippen LogP contribution in [0.2, 0.25) is 0 Å². The van der Waals surface area contributed by atoms with Gasteiger partial charge in [-0.1, -0.05) is 41.6 Å². The molecule has 26 heavy (non-hydrogen) atoms. The topological polar surface area (TPSA) is 58.3 Å². The molecule has 6 nitrogen and oxygen atoms in total. The average molecular weight is 349 g/mol. The van der Waals surface area contributed by atoms with Gasteiger partial charge in [0.25, 0.3) is 0 Å². The van der Waals surface area contributed by atoms with Crippen LogP contribution in [0.15, 0.2) is 59.3 Å². The van der Waals surface area contributed by atoms with E-state index >= 15 is 0 Å². The molecule has 1 aliphatic rings. The van der Waals surface area contributed by atoms with Crippen molar-refractivity contribution in [3.63, 3.8) is 0 Å². The van der Waals surface area contributed by atoms with Crippen molar-refractivity contribution in [2.24, 2.45) is 0 Å². The van der Waals surface area contributed by atoms with Crippen molar-refractivity contribution in [3.8, 4) is 11.4 Å². The number of anilines is 1. The third-order valence-electron chi connectivity index (χ3n) is 4.70. The normalized spacial score (nSPS) is 15.8. The molecule has 4 rings (SSSR count). The molecule has 0 unspecified atom stereocenters. The van der Waals surface area contributed by atoms with E-state index in [2.05, 4.69) is 31.0 Å². The van der Waals surface area contributed by atoms with Gasteiger partial charge in [0.2, 0.25) is 11.7 Å². The number of hydrogen-bond donors (Lipinski definition) is 0. The Bertz CT molecular complexity index is 805. The molecule has 0 atom stereocenters. The van der Waals surface area contributed by atoms with E-state index in [0.29, 0.717) is 11.7 Å². The first-order valence-electron chi connectivity index (χ1n) is 9.15. The number of nitrogens with zero attached hydrogens (tertiary/aromatic N) is 5. The van der Waals surface area contributed by atoms with Gasteiger partial charge in [-0.05, 0) is 25.1 Å². The first kappa shape index (κ1) is 16.7. The zero-order valence-corrected chi connectivity index (χ0v) is 14.8. The van der Waals surface area contributed by atoms with E-state index in [1.54, 1.807) is 0 Å². The van der Waals surface area contributed by atoms with Crippen molar-refractivity contribution in [2.45, 2.75) is 12.8 Å². The van der Waals surface area contributed by atoms with Crippen molar-refractivity contribution in [3.05, 3.63) is 60.6 Å². The Kier molecular flexibility index (Phi) is 5.21. The van der Waals surface area contributed by atoms with E-state index in [4.69, 9.17) is 4.52 Å². The van der Waals surface area contributed by atoms with Crippen LogP contribution < -0.4 is 4.90 Å². The summed E-state index contributed by atoms with van der Waals surface area (Å²) in [5.74, 6) is 2.44. The van der Waals surface area contributed by atoms with Crippen LogP contribution >= 0.6 is 0 Å². The lowest BCUT2D eigenvalue weighted by atomic mass is 10.2. The van der Waals surface area contributed by atoms with Gasteiger partial charge in [0.15, 0.2) is 0 Å². The van der Waals surface area contributed by atoms with Crippen LogP contribution in [0.4, 0.5) is 5.82 Å². The molecule has 1 saturated heterocycles. The summed E-state index contributed by atoms with van der Waals surface area (Å²) in [7, 11) is 0. The second-order valence-electron chi connectivity index (χ2n) is 6.50. The maximum absolute atomic E-state index is 5.42. The van der Waals surface area contributed by atoms with Crippen LogP contribution in [0.3, 0.4) is 0 Å². The summed E-state index contributed by atoms with van der Waals surface area (Å²) in [4.78, 5) is 13.8. The molecular weight excluding hydrogens is 326 g/mol. The van der Waals surface area contributed by atoms with Crippen LogP contribution in [-0.4, -0.2) is 52.7 Å². The molecular formula is C20H23N5O. The van der Waals surface area contributed by atoms with Gasteiger partial charge in [0.1, 0.15) is 5.82 Å². The summed E-state index contributed by atoms with van der Waals surface area (Å²) < 4.78 is 5.42. The van der Waals surface area contributed by atoms with Crippen LogP contribution in [0.5, 0.6) is 0 Å². The van der Waals surface area contributed by atoms with Crippen LogP contribution in [0.25, 0.3) is 11.4 Å². The predicted octanol–water partition coefficient (Wildman–Crippen LogP) is 2.89. The first-order valence-corrected chi connectivity index (χ1v) is 9.15. The molecule has 1 fully saturated rings. The van der Waals surface area contributed by atoms with Gasteiger partial charge in [-0.2, -0.15) is 4.98 Å². The Labute approximate surface area is 153 Å². The number of pyridine rings is 1. The monoisotopic (exact) mass is 349 g/mol. The van der Waals surface area contributed by atoms with Gasteiger partial charge in [-0.15, -0.1) is 0 Å². The highest BCUT2D eigenvalue weighted by molar-refractivity contribution is 5.53. The summed E-state index contributed by atoms with van der Waals surface area (Å²) in [5.41, 5.74) is 0.989. The molecule has 0 amide bonds. The molecule has 0 aliphatic carbocycles. The number of hydrogen-bond acceptors (Lipinski definition) is 6. The molecule has 3 aromatic rings. The number of rotatable bonds is 5. The van der Waals surface area contributed by atoms with Gasteiger partial charge in [-0.25, -0.2) is 4.98 Å². The van der Waals surface area contributed by atoms with Crippen molar-refractivity contribution in [1.82, 2.24) is 20.0 Å². The van der Waals surface area contributed by atoms with Crippen LogP contribution in [0.1, 0.15) is 12.3 Å². The maximum Gasteiger partial charge on any atom is 0.228 e. The third kappa shape index (κ3) is 4.08. The van der Waals surface area contributed by atoms with Gasteiger partial charge >= 0.3 is 0 Å². The molecule has 1 aromatic carbocycles. The largest absolute Gasteiger partial charge is 0.355 e. The summed E-state index contributed by atoms with van der Waals surface area (Å²) >= 11 is 0. The maximum atomic E-state index is 5.42. The second kappa shape index (κ2) is 8.10. The first-order chi connectivity index (χ1) is 12.9. The Morgan fingerprint density at radius 1 is 0.923 bits per heavy atom. The SMILES string of the molecule is c1ccc(-c2noc(CCN3CCCN(c4ccccn4)CC3)n2)cc1. The lowest BCUT2D eigenvalue weighted by molar-refractivity contribution is 0.279. The van der Waals surface area contributed by atoms with E-state index < -0.39 is 0 Å². The minimum absolute atomic E-state index is 0.665. The fourth-order valence-corrected chi connectivity index (χ4v) is 3.28. The molecule has 3 heterocycles. The van der Waals surface area contributed by atoms with Gasteiger partial charge < -0.3 is 14.3 Å². The van der Waals surface area contributed by atoms with E-state index in [0.717, 1.165) is 56.9 Å². The Balaban J connectivity index is 1.31. The molecule has 0 N–H and O–H groups in total. The summed E-state index contributed by atoms with van der Waals surface area (Å²) in [5, 5.41) is 4.10. The van der Waals surface area contributed by atoms with Crippen LogP contribution in [0, 0.1) is 0 Å². The lowest BCUT2D eigenvalue weighted by Crippen LogP contribution is -2.32. The molecule has 0 radical (unpaired) electrons. The van der Waals surface area contributed by atoms with Crippen molar-refractivity contribution in [2.75, 3.05) is 37.6 Å². The van der Waals surface area contributed by atoms with E-state index in [-0.39, 0.29) is 0 Å². The number of aromatic nitrogens is 3. The standard InChI is InChI=1S/C20H23N5O/c1-2-7-17(8-3-1)20-22-19(26-23-20)10-14-24-12-6-13-25(16-15-24)18-9-4-5-11-21-18/h1-5,7-9,11H,6,10,12-16H2. The Morgan fingerprint density at radius 2 is 1.81 bits per heavy atom. The molecule has 2 aromatic heterocycles. The third-order valence-corrected chi connectivity index (χ3v) is 4.70. The van der Waals surface area contributed by atoms with E-state index in [1.165, 1.54) is 0 Å². The van der Waals surface area contributed by atoms with Gasteiger partial charge in [-0.3, -0.25) is 0 Å². The van der Waals surface area contributed by atoms with Crippen molar-refractivity contribution in [1.29, 1.82) is 0 Å². The van der Waals surface area contributed by atoms with Gasteiger partial charge in [0.05, 0.1) is 0 Å². The molecule has 6 heteroatoms. The Hall–Kier alpha value is -2.73. The summed E-state index contributed by atoms with van der Waals surface area (Å²) in [6.45, 7) is 5.09. The highest BCUT2D eigenvalue weighted by Crippen LogP contribution is 2.16. The average Bonchev–Trinajstić information content (AvgIpc) is 3.06. The Morgan fingerprint density at radius 3 is 2.65 bits per heavy atom. The lowest BCUT2D eigenvalue weighted by Gasteiger charge is -2.22. The molecule has 0 bridgehead atoms. The number of benzene rings is 1. The van der Waals surface area contributed by atoms with Crippen LogP contribution in [-0.2, 0) is 6.42 Å². The molecule has 0 spiro atoms. The van der Waals surface area contributed by atoms with E-state index in [1.807, 2.05) is 48.7 Å². The highest BCUT2D eigenvalue weighted by Gasteiger charge is 2.17. The fourth-order valence-electron chi connectivity index (χ4n) is 3.28. The fraction of sp³-hybridized carbons (Fsp3) is 0.350. The quantitative estimate of drug-likeness (QED) is 0.706. The highest BCUT2D eigenvalue weighted by atomic mass is 16.5. The van der Waals surface area contributed by atoms with Gasteiger partial charge in [0, 0.05) is 44.4 Å². The van der Waals surface area contributed by atoms with Crippen molar-refractivity contribution < 1.29 is 4.52 Å². The molecule has 0 saturated carbocycles. The molecule has 134 valence electrons.